The molecular weight excluding hydrogens is 731 g/mol. The maximum atomic E-state index is 13.2. The molecule has 0 aliphatic rings. The molecule has 0 aromatic heterocycles. The molecule has 0 rings (SSSR count). The fraction of sp³-hybridized carbons (Fsp3) is 0.849. The van der Waals surface area contributed by atoms with Crippen LogP contribution in [0.1, 0.15) is 265 Å². The number of aliphatic hydroxyl groups excluding tert-OH is 2. The van der Waals surface area contributed by atoms with Crippen molar-refractivity contribution in [3.05, 3.63) is 36.5 Å². The van der Waals surface area contributed by atoms with E-state index in [9.17, 15) is 19.8 Å². The summed E-state index contributed by atoms with van der Waals surface area (Å²) in [4.78, 5) is 26.1. The first-order valence-corrected chi connectivity index (χ1v) is 25.7. The lowest BCUT2D eigenvalue weighted by molar-refractivity contribution is -0.151. The highest BCUT2D eigenvalue weighted by Crippen LogP contribution is 2.18. The third-order valence-corrected chi connectivity index (χ3v) is 11.7. The number of hydrogen-bond donors (Lipinski definition) is 3. The van der Waals surface area contributed by atoms with Crippen LogP contribution in [0.4, 0.5) is 0 Å². The SMILES string of the molecule is CCC/C=C\CCCCCCCC(=O)OC(CCCCCCC/C=C\C/C=C\CCCCC)CC(=O)NC(CO)C(O)CCCCCCCCCCCCCCCCC. The quantitative estimate of drug-likeness (QED) is 0.0323. The first kappa shape index (κ1) is 57.1. The van der Waals surface area contributed by atoms with Gasteiger partial charge in [-0.05, 0) is 77.0 Å². The van der Waals surface area contributed by atoms with Crippen LogP contribution >= 0.6 is 0 Å². The molecule has 0 aromatic carbocycles. The van der Waals surface area contributed by atoms with Gasteiger partial charge in [-0.15, -0.1) is 0 Å². The highest BCUT2D eigenvalue weighted by molar-refractivity contribution is 5.77. The highest BCUT2D eigenvalue weighted by atomic mass is 16.5. The Bertz CT molecular complexity index is 977. The Morgan fingerprint density at radius 2 is 0.898 bits per heavy atom. The lowest BCUT2D eigenvalue weighted by Crippen LogP contribution is -2.46. The largest absolute Gasteiger partial charge is 0.462 e. The van der Waals surface area contributed by atoms with E-state index in [0.29, 0.717) is 19.3 Å². The van der Waals surface area contributed by atoms with E-state index >= 15 is 0 Å². The zero-order chi connectivity index (χ0) is 43.1. The number of carbonyl (C=O) groups is 2. The zero-order valence-corrected chi connectivity index (χ0v) is 39.4. The summed E-state index contributed by atoms with van der Waals surface area (Å²) < 4.78 is 5.91. The average molecular weight is 830 g/mol. The van der Waals surface area contributed by atoms with Crippen molar-refractivity contribution in [3.8, 4) is 0 Å². The van der Waals surface area contributed by atoms with Crippen molar-refractivity contribution in [3.63, 3.8) is 0 Å². The summed E-state index contributed by atoms with van der Waals surface area (Å²) >= 11 is 0. The molecule has 3 atom stereocenters. The molecule has 0 saturated heterocycles. The first-order chi connectivity index (χ1) is 29.0. The Balaban J connectivity index is 4.55. The minimum absolute atomic E-state index is 0.0668. The summed E-state index contributed by atoms with van der Waals surface area (Å²) in [6.07, 6.45) is 54.9. The molecule has 346 valence electrons. The van der Waals surface area contributed by atoms with Crippen LogP contribution in [0.15, 0.2) is 36.5 Å². The third-order valence-electron chi connectivity index (χ3n) is 11.7. The van der Waals surface area contributed by atoms with E-state index in [1.807, 2.05) is 0 Å². The van der Waals surface area contributed by atoms with Gasteiger partial charge in [0.05, 0.1) is 25.2 Å². The summed E-state index contributed by atoms with van der Waals surface area (Å²) in [5, 5.41) is 23.8. The molecule has 3 unspecified atom stereocenters. The molecule has 1 amide bonds. The minimum Gasteiger partial charge on any atom is -0.462 e. The van der Waals surface area contributed by atoms with E-state index in [1.54, 1.807) is 0 Å². The van der Waals surface area contributed by atoms with Crippen LogP contribution in [0, 0.1) is 0 Å². The first-order valence-electron chi connectivity index (χ1n) is 25.7. The predicted molar refractivity (Wildman–Crippen MR) is 255 cm³/mol. The van der Waals surface area contributed by atoms with Crippen LogP contribution in [0.2, 0.25) is 0 Å². The van der Waals surface area contributed by atoms with Gasteiger partial charge < -0.3 is 20.3 Å². The van der Waals surface area contributed by atoms with Crippen molar-refractivity contribution in [2.75, 3.05) is 6.61 Å². The van der Waals surface area contributed by atoms with Crippen LogP contribution in [0.5, 0.6) is 0 Å². The lowest BCUT2D eigenvalue weighted by Gasteiger charge is -2.24. The Kier molecular flexibility index (Phi) is 45.6. The lowest BCUT2D eigenvalue weighted by atomic mass is 10.0. The van der Waals surface area contributed by atoms with E-state index < -0.39 is 18.2 Å². The van der Waals surface area contributed by atoms with Crippen molar-refractivity contribution < 1.29 is 24.5 Å². The number of rotatable bonds is 46. The van der Waals surface area contributed by atoms with Gasteiger partial charge in [0.2, 0.25) is 5.91 Å². The average Bonchev–Trinajstić information content (AvgIpc) is 3.23. The molecule has 0 bridgehead atoms. The molecule has 0 spiro atoms. The fourth-order valence-corrected chi connectivity index (χ4v) is 7.76. The standard InChI is InChI=1S/C53H99NO5/c1-4-7-10-13-16-19-22-24-26-28-30-32-35-38-41-44-49(59-53(58)46-43-40-37-34-21-18-15-12-9-6-3)47-52(57)54-50(48-55)51(56)45-42-39-36-33-31-29-27-25-23-20-17-14-11-8-5-2/h12,15-16,19,24,26,49-51,55-56H,4-11,13-14,17-18,20-23,25,27-48H2,1-3H3,(H,54,57)/b15-12-,19-16-,26-24-. The van der Waals surface area contributed by atoms with Crippen LogP contribution in [-0.2, 0) is 14.3 Å². The van der Waals surface area contributed by atoms with Crippen LogP contribution in [0.25, 0.3) is 0 Å². The van der Waals surface area contributed by atoms with Gasteiger partial charge in [-0.1, -0.05) is 211 Å². The maximum absolute atomic E-state index is 13.2. The number of carbonyl (C=O) groups excluding carboxylic acids is 2. The normalized spacial score (nSPS) is 13.5. The number of allylic oxidation sites excluding steroid dienone is 6. The maximum Gasteiger partial charge on any atom is 0.306 e. The van der Waals surface area contributed by atoms with Crippen LogP contribution in [-0.4, -0.2) is 46.9 Å². The second kappa shape index (κ2) is 47.1. The second-order valence-corrected chi connectivity index (χ2v) is 17.6. The van der Waals surface area contributed by atoms with Gasteiger partial charge in [0, 0.05) is 6.42 Å². The molecule has 0 heterocycles. The molecule has 59 heavy (non-hydrogen) atoms. The molecule has 6 heteroatoms. The van der Waals surface area contributed by atoms with E-state index in [0.717, 1.165) is 83.5 Å². The molecule has 6 nitrogen and oxygen atoms in total. The molecule has 0 saturated carbocycles. The number of aliphatic hydroxyl groups is 2. The zero-order valence-electron chi connectivity index (χ0n) is 39.4. The number of esters is 1. The number of unbranched alkanes of at least 4 members (excludes halogenated alkanes) is 28. The number of ether oxygens (including phenoxy) is 1. The predicted octanol–water partition coefficient (Wildman–Crippen LogP) is 15.3. The summed E-state index contributed by atoms with van der Waals surface area (Å²) in [6, 6.07) is -0.705. The molecular formula is C53H99NO5. The summed E-state index contributed by atoms with van der Waals surface area (Å²) in [5.74, 6) is -0.493. The van der Waals surface area contributed by atoms with Gasteiger partial charge in [-0.3, -0.25) is 9.59 Å². The van der Waals surface area contributed by atoms with Crippen molar-refractivity contribution in [1.82, 2.24) is 5.32 Å². The van der Waals surface area contributed by atoms with Gasteiger partial charge in [0.1, 0.15) is 6.10 Å². The Morgan fingerprint density at radius 1 is 0.492 bits per heavy atom. The Labute approximate surface area is 366 Å². The summed E-state index contributed by atoms with van der Waals surface area (Å²) in [7, 11) is 0. The number of nitrogens with one attached hydrogen (secondary N) is 1. The van der Waals surface area contributed by atoms with Crippen molar-refractivity contribution in [2.45, 2.75) is 283 Å². The smallest absolute Gasteiger partial charge is 0.306 e. The monoisotopic (exact) mass is 830 g/mol. The molecule has 0 aliphatic heterocycles. The van der Waals surface area contributed by atoms with E-state index in [2.05, 4.69) is 62.5 Å². The topological polar surface area (TPSA) is 95.9 Å². The number of hydrogen-bond acceptors (Lipinski definition) is 5. The van der Waals surface area contributed by atoms with Gasteiger partial charge in [-0.25, -0.2) is 0 Å². The Hall–Kier alpha value is -1.92. The van der Waals surface area contributed by atoms with Gasteiger partial charge in [0.15, 0.2) is 0 Å². The van der Waals surface area contributed by atoms with Gasteiger partial charge in [-0.2, -0.15) is 0 Å². The molecule has 0 aromatic rings. The minimum atomic E-state index is -0.791. The summed E-state index contributed by atoms with van der Waals surface area (Å²) in [6.45, 7) is 6.40. The molecule has 0 fully saturated rings. The molecule has 0 radical (unpaired) electrons. The van der Waals surface area contributed by atoms with E-state index in [1.165, 1.54) is 135 Å². The third kappa shape index (κ3) is 42.6. The van der Waals surface area contributed by atoms with Crippen molar-refractivity contribution in [2.24, 2.45) is 0 Å². The molecule has 3 N–H and O–H groups in total. The second-order valence-electron chi connectivity index (χ2n) is 17.6. The van der Waals surface area contributed by atoms with E-state index in [4.69, 9.17) is 4.74 Å². The highest BCUT2D eigenvalue weighted by Gasteiger charge is 2.24. The van der Waals surface area contributed by atoms with Crippen LogP contribution in [0.3, 0.4) is 0 Å². The van der Waals surface area contributed by atoms with Gasteiger partial charge in [0.25, 0.3) is 0 Å². The molecule has 0 aliphatic carbocycles. The Morgan fingerprint density at radius 3 is 1.41 bits per heavy atom. The number of amides is 1. The van der Waals surface area contributed by atoms with Gasteiger partial charge >= 0.3 is 5.97 Å². The van der Waals surface area contributed by atoms with E-state index in [-0.39, 0.29) is 24.9 Å². The van der Waals surface area contributed by atoms with Crippen molar-refractivity contribution >= 4 is 11.9 Å². The van der Waals surface area contributed by atoms with Crippen molar-refractivity contribution in [1.29, 1.82) is 0 Å². The van der Waals surface area contributed by atoms with Crippen LogP contribution < -0.4 is 5.32 Å². The summed E-state index contributed by atoms with van der Waals surface area (Å²) in [5.41, 5.74) is 0. The fourth-order valence-electron chi connectivity index (χ4n) is 7.76.